The Hall–Kier alpha value is -2.43. The summed E-state index contributed by atoms with van der Waals surface area (Å²) in [5.74, 6) is 1.47. The van der Waals surface area contributed by atoms with E-state index >= 15 is 0 Å². The van der Waals surface area contributed by atoms with Gasteiger partial charge >= 0.3 is 0 Å². The van der Waals surface area contributed by atoms with Gasteiger partial charge in [-0.1, -0.05) is 50.1 Å². The standard InChI is InChI=1S/C22H30N4O/c1-2-3-7-12-23-22(27)20-16-21(25-17-24-20)26-13-10-19(11-14-26)15-18-8-5-4-6-9-18/h4-6,8-9,16-17,19H,2-3,7,10-15H2,1H3,(H,23,27). The third-order valence-electron chi connectivity index (χ3n) is 5.26. The molecule has 0 spiro atoms. The molecule has 1 aromatic heterocycles. The summed E-state index contributed by atoms with van der Waals surface area (Å²) in [6.07, 6.45) is 8.24. The normalized spacial score (nSPS) is 14.9. The van der Waals surface area contributed by atoms with E-state index in [0.717, 1.165) is 57.4 Å². The molecule has 0 atom stereocenters. The zero-order valence-corrected chi connectivity index (χ0v) is 16.2. The van der Waals surface area contributed by atoms with Crippen LogP contribution in [0.3, 0.4) is 0 Å². The van der Waals surface area contributed by atoms with Crippen molar-refractivity contribution in [3.05, 3.63) is 54.0 Å². The number of benzene rings is 1. The number of carbonyl (C=O) groups excluding carboxylic acids is 1. The van der Waals surface area contributed by atoms with Crippen LogP contribution in [0.2, 0.25) is 0 Å². The Kier molecular flexibility index (Phi) is 7.19. The van der Waals surface area contributed by atoms with E-state index in [-0.39, 0.29) is 5.91 Å². The van der Waals surface area contributed by atoms with Crippen LogP contribution in [-0.4, -0.2) is 35.5 Å². The average Bonchev–Trinajstić information content (AvgIpc) is 2.72. The summed E-state index contributed by atoms with van der Waals surface area (Å²) in [5, 5.41) is 2.95. The van der Waals surface area contributed by atoms with Crippen LogP contribution in [0.5, 0.6) is 0 Å². The van der Waals surface area contributed by atoms with Crippen LogP contribution in [0.1, 0.15) is 55.1 Å². The molecule has 1 aromatic carbocycles. The van der Waals surface area contributed by atoms with E-state index in [2.05, 4.69) is 57.4 Å². The number of carbonyl (C=O) groups is 1. The molecule has 3 rings (SSSR count). The Morgan fingerprint density at radius 1 is 1.15 bits per heavy atom. The number of hydrogen-bond donors (Lipinski definition) is 1. The lowest BCUT2D eigenvalue weighted by Crippen LogP contribution is -2.35. The molecule has 1 saturated heterocycles. The smallest absolute Gasteiger partial charge is 0.270 e. The minimum atomic E-state index is -0.103. The number of piperidine rings is 1. The monoisotopic (exact) mass is 366 g/mol. The predicted octanol–water partition coefficient (Wildman–Crippen LogP) is 3.86. The number of nitrogens with zero attached hydrogens (tertiary/aromatic N) is 3. The van der Waals surface area contributed by atoms with E-state index in [0.29, 0.717) is 18.2 Å². The highest BCUT2D eigenvalue weighted by Gasteiger charge is 2.21. The van der Waals surface area contributed by atoms with Gasteiger partial charge in [0.15, 0.2) is 0 Å². The topological polar surface area (TPSA) is 58.1 Å². The molecule has 0 radical (unpaired) electrons. The molecule has 1 amide bonds. The minimum Gasteiger partial charge on any atom is -0.356 e. The molecule has 0 bridgehead atoms. The molecule has 1 aliphatic rings. The summed E-state index contributed by atoms with van der Waals surface area (Å²) >= 11 is 0. The Labute approximate surface area is 162 Å². The van der Waals surface area contributed by atoms with Crippen molar-refractivity contribution in [3.63, 3.8) is 0 Å². The largest absolute Gasteiger partial charge is 0.356 e. The lowest BCUT2D eigenvalue weighted by Gasteiger charge is -2.33. The Bertz CT molecular complexity index is 711. The molecule has 1 aliphatic heterocycles. The molecular formula is C22H30N4O. The first-order chi connectivity index (χ1) is 13.3. The van der Waals surface area contributed by atoms with Crippen molar-refractivity contribution in [2.75, 3.05) is 24.5 Å². The third-order valence-corrected chi connectivity index (χ3v) is 5.26. The maximum Gasteiger partial charge on any atom is 0.270 e. The van der Waals surface area contributed by atoms with Crippen LogP contribution in [-0.2, 0) is 6.42 Å². The molecule has 2 heterocycles. The van der Waals surface area contributed by atoms with Gasteiger partial charge in [0.25, 0.3) is 5.91 Å². The van der Waals surface area contributed by atoms with Crippen molar-refractivity contribution in [2.24, 2.45) is 5.92 Å². The summed E-state index contributed by atoms with van der Waals surface area (Å²) in [7, 11) is 0. The van der Waals surface area contributed by atoms with E-state index in [1.54, 1.807) is 0 Å². The van der Waals surface area contributed by atoms with Crippen molar-refractivity contribution in [2.45, 2.75) is 45.4 Å². The van der Waals surface area contributed by atoms with E-state index in [1.165, 1.54) is 11.9 Å². The van der Waals surface area contributed by atoms with E-state index in [4.69, 9.17) is 0 Å². The molecule has 5 nitrogen and oxygen atoms in total. The van der Waals surface area contributed by atoms with Crippen LogP contribution in [0.4, 0.5) is 5.82 Å². The van der Waals surface area contributed by atoms with Crippen molar-refractivity contribution in [1.29, 1.82) is 0 Å². The van der Waals surface area contributed by atoms with Crippen molar-refractivity contribution < 1.29 is 4.79 Å². The molecule has 2 aromatic rings. The van der Waals surface area contributed by atoms with Gasteiger partial charge in [-0.3, -0.25) is 4.79 Å². The van der Waals surface area contributed by atoms with Crippen LogP contribution in [0, 0.1) is 5.92 Å². The summed E-state index contributed by atoms with van der Waals surface area (Å²) in [5.41, 5.74) is 1.88. The number of anilines is 1. The second-order valence-electron chi connectivity index (χ2n) is 7.34. The maximum absolute atomic E-state index is 12.3. The Morgan fingerprint density at radius 3 is 2.67 bits per heavy atom. The quantitative estimate of drug-likeness (QED) is 0.721. The lowest BCUT2D eigenvalue weighted by atomic mass is 9.90. The summed E-state index contributed by atoms with van der Waals surface area (Å²) in [4.78, 5) is 23.1. The zero-order chi connectivity index (χ0) is 18.9. The second-order valence-corrected chi connectivity index (χ2v) is 7.34. The summed E-state index contributed by atoms with van der Waals surface area (Å²) in [6, 6.07) is 12.5. The van der Waals surface area contributed by atoms with Gasteiger partial charge in [-0.2, -0.15) is 0 Å². The Morgan fingerprint density at radius 2 is 1.93 bits per heavy atom. The van der Waals surface area contributed by atoms with Gasteiger partial charge in [-0.15, -0.1) is 0 Å². The van der Waals surface area contributed by atoms with Crippen molar-refractivity contribution in [3.8, 4) is 0 Å². The van der Waals surface area contributed by atoms with Gasteiger partial charge in [-0.05, 0) is 37.2 Å². The van der Waals surface area contributed by atoms with Gasteiger partial charge in [0.05, 0.1) is 0 Å². The predicted molar refractivity (Wildman–Crippen MR) is 109 cm³/mol. The first-order valence-electron chi connectivity index (χ1n) is 10.2. The highest BCUT2D eigenvalue weighted by Crippen LogP contribution is 2.24. The first kappa shape index (κ1) is 19.3. The first-order valence-corrected chi connectivity index (χ1v) is 10.2. The van der Waals surface area contributed by atoms with E-state index in [9.17, 15) is 4.79 Å². The summed E-state index contributed by atoms with van der Waals surface area (Å²) < 4.78 is 0. The molecule has 0 saturated carbocycles. The van der Waals surface area contributed by atoms with Crippen molar-refractivity contribution >= 4 is 11.7 Å². The highest BCUT2D eigenvalue weighted by atomic mass is 16.1. The maximum atomic E-state index is 12.3. The lowest BCUT2D eigenvalue weighted by molar-refractivity contribution is 0.0948. The molecule has 0 unspecified atom stereocenters. The molecule has 144 valence electrons. The average molecular weight is 367 g/mol. The van der Waals surface area contributed by atoms with Crippen LogP contribution in [0.25, 0.3) is 0 Å². The minimum absolute atomic E-state index is 0.103. The molecule has 27 heavy (non-hydrogen) atoms. The van der Waals surface area contributed by atoms with Gasteiger partial charge in [0.1, 0.15) is 17.8 Å². The number of amides is 1. The fraction of sp³-hybridized carbons (Fsp3) is 0.500. The van der Waals surface area contributed by atoms with Gasteiger partial charge < -0.3 is 10.2 Å². The van der Waals surface area contributed by atoms with Crippen LogP contribution < -0.4 is 10.2 Å². The van der Waals surface area contributed by atoms with Gasteiger partial charge in [0.2, 0.25) is 0 Å². The highest BCUT2D eigenvalue weighted by molar-refractivity contribution is 5.92. The number of hydrogen-bond acceptors (Lipinski definition) is 4. The number of nitrogens with one attached hydrogen (secondary N) is 1. The SMILES string of the molecule is CCCCCNC(=O)c1cc(N2CCC(Cc3ccccc3)CC2)ncn1. The Balaban J connectivity index is 1.51. The molecule has 1 fully saturated rings. The fourth-order valence-corrected chi connectivity index (χ4v) is 3.63. The zero-order valence-electron chi connectivity index (χ0n) is 16.2. The molecular weight excluding hydrogens is 336 g/mol. The number of unbranched alkanes of at least 4 members (excludes halogenated alkanes) is 2. The summed E-state index contributed by atoms with van der Waals surface area (Å²) in [6.45, 7) is 4.82. The van der Waals surface area contributed by atoms with Gasteiger partial charge in [-0.25, -0.2) is 9.97 Å². The van der Waals surface area contributed by atoms with E-state index < -0.39 is 0 Å². The molecule has 5 heteroatoms. The molecule has 0 aliphatic carbocycles. The van der Waals surface area contributed by atoms with E-state index in [1.807, 2.05) is 6.07 Å². The molecule has 1 N–H and O–H groups in total. The van der Waals surface area contributed by atoms with Crippen LogP contribution >= 0.6 is 0 Å². The second kappa shape index (κ2) is 10.0. The number of rotatable bonds is 8. The fourth-order valence-electron chi connectivity index (χ4n) is 3.63. The third kappa shape index (κ3) is 5.78. The van der Waals surface area contributed by atoms with Crippen molar-refractivity contribution in [1.82, 2.24) is 15.3 Å². The van der Waals surface area contributed by atoms with Crippen LogP contribution in [0.15, 0.2) is 42.7 Å². The number of aromatic nitrogens is 2. The van der Waals surface area contributed by atoms with Gasteiger partial charge in [0, 0.05) is 25.7 Å².